The molecule has 1 heterocycles. The van der Waals surface area contributed by atoms with Crippen molar-refractivity contribution < 1.29 is 19.1 Å². The highest BCUT2D eigenvalue weighted by Gasteiger charge is 2.33. The second-order valence-electron chi connectivity index (χ2n) is 6.43. The van der Waals surface area contributed by atoms with Gasteiger partial charge in [-0.2, -0.15) is 0 Å². The van der Waals surface area contributed by atoms with Gasteiger partial charge >= 0.3 is 5.97 Å². The Bertz CT molecular complexity index is 938. The summed E-state index contributed by atoms with van der Waals surface area (Å²) in [4.78, 5) is 24.9. The molecule has 146 valence electrons. The SMILES string of the molecule is COc1ccc(COC(=O)C2=C(C)NC(=O)CC2c2ccc(Cl)cc2Cl)cc1. The summed E-state index contributed by atoms with van der Waals surface area (Å²) >= 11 is 12.3. The summed E-state index contributed by atoms with van der Waals surface area (Å²) in [5.74, 6) is -0.451. The van der Waals surface area contributed by atoms with E-state index in [4.69, 9.17) is 32.7 Å². The van der Waals surface area contributed by atoms with Crippen LogP contribution in [0.25, 0.3) is 0 Å². The summed E-state index contributed by atoms with van der Waals surface area (Å²) in [7, 11) is 1.59. The topological polar surface area (TPSA) is 64.6 Å². The number of hydrogen-bond donors (Lipinski definition) is 1. The van der Waals surface area contributed by atoms with Crippen LogP contribution in [0.3, 0.4) is 0 Å². The zero-order chi connectivity index (χ0) is 20.3. The Morgan fingerprint density at radius 1 is 1.18 bits per heavy atom. The average molecular weight is 420 g/mol. The number of ether oxygens (including phenoxy) is 2. The molecular formula is C21H19Cl2NO4. The van der Waals surface area contributed by atoms with Gasteiger partial charge in [0.25, 0.3) is 0 Å². The first-order valence-electron chi connectivity index (χ1n) is 8.64. The second-order valence-corrected chi connectivity index (χ2v) is 7.28. The fourth-order valence-corrected chi connectivity index (χ4v) is 3.71. The monoisotopic (exact) mass is 419 g/mol. The lowest BCUT2D eigenvalue weighted by Gasteiger charge is -2.27. The molecule has 0 saturated carbocycles. The summed E-state index contributed by atoms with van der Waals surface area (Å²) in [6, 6.07) is 12.3. The Morgan fingerprint density at radius 3 is 2.54 bits per heavy atom. The number of esters is 1. The normalized spacial score (nSPS) is 16.6. The van der Waals surface area contributed by atoms with Gasteiger partial charge in [0.15, 0.2) is 0 Å². The van der Waals surface area contributed by atoms with Gasteiger partial charge in [-0.05, 0) is 42.3 Å². The van der Waals surface area contributed by atoms with Crippen molar-refractivity contribution in [3.63, 3.8) is 0 Å². The van der Waals surface area contributed by atoms with Crippen molar-refractivity contribution in [2.75, 3.05) is 7.11 Å². The van der Waals surface area contributed by atoms with Crippen LogP contribution in [0.1, 0.15) is 30.4 Å². The Labute approximate surface area is 173 Å². The third-order valence-corrected chi connectivity index (χ3v) is 5.12. The molecule has 0 fully saturated rings. The minimum atomic E-state index is -0.498. The molecule has 1 atom stereocenters. The standard InChI is InChI=1S/C21H19Cl2NO4/c1-12-20(21(26)28-11-13-3-6-15(27-2)7-4-13)17(10-19(25)24-12)16-8-5-14(22)9-18(16)23/h3-9,17H,10-11H2,1-2H3,(H,24,25). The van der Waals surface area contributed by atoms with Crippen molar-refractivity contribution >= 4 is 35.1 Å². The van der Waals surface area contributed by atoms with Crippen LogP contribution in [0.4, 0.5) is 0 Å². The number of halogens is 2. The maximum absolute atomic E-state index is 12.8. The molecule has 5 nitrogen and oxygen atoms in total. The highest BCUT2D eigenvalue weighted by molar-refractivity contribution is 6.35. The van der Waals surface area contributed by atoms with Gasteiger partial charge in [-0.1, -0.05) is 41.4 Å². The molecule has 28 heavy (non-hydrogen) atoms. The smallest absolute Gasteiger partial charge is 0.336 e. The molecule has 3 rings (SSSR count). The van der Waals surface area contributed by atoms with Gasteiger partial charge < -0.3 is 14.8 Å². The van der Waals surface area contributed by atoms with E-state index in [9.17, 15) is 9.59 Å². The number of rotatable bonds is 5. The van der Waals surface area contributed by atoms with E-state index in [0.29, 0.717) is 26.9 Å². The second kappa shape index (κ2) is 8.67. The minimum Gasteiger partial charge on any atom is -0.497 e. The van der Waals surface area contributed by atoms with Crippen LogP contribution < -0.4 is 10.1 Å². The van der Waals surface area contributed by atoms with Crippen LogP contribution in [0.2, 0.25) is 10.0 Å². The molecule has 0 aliphatic carbocycles. The number of carbonyl (C=O) groups is 2. The fraction of sp³-hybridized carbons (Fsp3) is 0.238. The summed E-state index contributed by atoms with van der Waals surface area (Å²) in [6.07, 6.45) is 0.103. The first-order valence-corrected chi connectivity index (χ1v) is 9.40. The highest BCUT2D eigenvalue weighted by Crippen LogP contribution is 2.38. The van der Waals surface area contributed by atoms with E-state index in [-0.39, 0.29) is 18.9 Å². The van der Waals surface area contributed by atoms with E-state index >= 15 is 0 Å². The van der Waals surface area contributed by atoms with Gasteiger partial charge in [0.1, 0.15) is 12.4 Å². The summed E-state index contributed by atoms with van der Waals surface area (Å²) < 4.78 is 10.6. The lowest BCUT2D eigenvalue weighted by molar-refractivity contribution is -0.141. The first kappa shape index (κ1) is 20.2. The van der Waals surface area contributed by atoms with E-state index in [1.54, 1.807) is 44.4 Å². The Kier molecular flexibility index (Phi) is 6.27. The van der Waals surface area contributed by atoms with Crippen molar-refractivity contribution in [3.8, 4) is 5.75 Å². The zero-order valence-electron chi connectivity index (χ0n) is 15.4. The lowest BCUT2D eigenvalue weighted by atomic mass is 9.84. The van der Waals surface area contributed by atoms with E-state index in [1.807, 2.05) is 12.1 Å². The highest BCUT2D eigenvalue weighted by atomic mass is 35.5. The molecule has 0 aromatic heterocycles. The van der Waals surface area contributed by atoms with Crippen LogP contribution in [-0.4, -0.2) is 19.0 Å². The van der Waals surface area contributed by atoms with Crippen LogP contribution in [0.15, 0.2) is 53.7 Å². The number of nitrogens with one attached hydrogen (secondary N) is 1. The quantitative estimate of drug-likeness (QED) is 0.717. The molecule has 1 aliphatic rings. The maximum Gasteiger partial charge on any atom is 0.336 e. The fourth-order valence-electron chi connectivity index (χ4n) is 3.17. The summed E-state index contributed by atoms with van der Waals surface area (Å²) in [5.41, 5.74) is 2.34. The number of allylic oxidation sites excluding steroid dienone is 1. The summed E-state index contributed by atoms with van der Waals surface area (Å²) in [5, 5.41) is 3.60. The Balaban J connectivity index is 1.83. The predicted octanol–water partition coefficient (Wildman–Crippen LogP) is 4.62. The van der Waals surface area contributed by atoms with E-state index in [0.717, 1.165) is 11.3 Å². The molecule has 0 saturated heterocycles. The van der Waals surface area contributed by atoms with Crippen molar-refractivity contribution in [1.82, 2.24) is 5.32 Å². The van der Waals surface area contributed by atoms with Gasteiger partial charge in [-0.15, -0.1) is 0 Å². The van der Waals surface area contributed by atoms with Gasteiger partial charge in [0.05, 0.1) is 12.7 Å². The Morgan fingerprint density at radius 2 is 1.89 bits per heavy atom. The molecule has 1 N–H and O–H groups in total. The van der Waals surface area contributed by atoms with E-state index in [2.05, 4.69) is 5.32 Å². The number of hydrogen-bond acceptors (Lipinski definition) is 4. The average Bonchev–Trinajstić information content (AvgIpc) is 2.66. The first-order chi connectivity index (χ1) is 13.4. The molecule has 2 aromatic rings. The molecule has 2 aromatic carbocycles. The molecule has 1 unspecified atom stereocenters. The third kappa shape index (κ3) is 4.49. The molecule has 7 heteroatoms. The molecule has 0 radical (unpaired) electrons. The lowest BCUT2D eigenvalue weighted by Crippen LogP contribution is -2.34. The van der Waals surface area contributed by atoms with Crippen LogP contribution in [0.5, 0.6) is 5.75 Å². The third-order valence-electron chi connectivity index (χ3n) is 4.56. The Hall–Kier alpha value is -2.50. The van der Waals surface area contributed by atoms with E-state index < -0.39 is 11.9 Å². The van der Waals surface area contributed by atoms with Gasteiger partial charge in [-0.25, -0.2) is 4.79 Å². The number of amides is 1. The number of carbonyl (C=O) groups excluding carboxylic acids is 2. The number of methoxy groups -OCH3 is 1. The summed E-state index contributed by atoms with van der Waals surface area (Å²) in [6.45, 7) is 1.78. The van der Waals surface area contributed by atoms with Gasteiger partial charge in [-0.3, -0.25) is 4.79 Å². The zero-order valence-corrected chi connectivity index (χ0v) is 16.9. The van der Waals surface area contributed by atoms with Crippen molar-refractivity contribution in [3.05, 3.63) is 74.9 Å². The van der Waals surface area contributed by atoms with E-state index in [1.165, 1.54) is 0 Å². The maximum atomic E-state index is 12.8. The minimum absolute atomic E-state index is 0.103. The molecule has 0 spiro atoms. The molecule has 1 aliphatic heterocycles. The van der Waals surface area contributed by atoms with Crippen LogP contribution >= 0.6 is 23.2 Å². The van der Waals surface area contributed by atoms with Crippen LogP contribution in [-0.2, 0) is 20.9 Å². The van der Waals surface area contributed by atoms with Gasteiger partial charge in [0, 0.05) is 28.1 Å². The van der Waals surface area contributed by atoms with Gasteiger partial charge in [0.2, 0.25) is 5.91 Å². The molecule has 0 bridgehead atoms. The van der Waals surface area contributed by atoms with Crippen molar-refractivity contribution in [1.29, 1.82) is 0 Å². The predicted molar refractivity (Wildman–Crippen MR) is 107 cm³/mol. The number of benzene rings is 2. The van der Waals surface area contributed by atoms with Crippen molar-refractivity contribution in [2.45, 2.75) is 25.9 Å². The molecule has 1 amide bonds. The molecular weight excluding hydrogens is 401 g/mol. The van der Waals surface area contributed by atoms with Crippen molar-refractivity contribution in [2.24, 2.45) is 0 Å². The largest absolute Gasteiger partial charge is 0.497 e. The van der Waals surface area contributed by atoms with Crippen LogP contribution in [0, 0.1) is 0 Å².